The van der Waals surface area contributed by atoms with Crippen molar-refractivity contribution in [1.29, 1.82) is 0 Å². The van der Waals surface area contributed by atoms with E-state index >= 15 is 0 Å². The van der Waals surface area contributed by atoms with Crippen molar-refractivity contribution >= 4 is 23.2 Å². The van der Waals surface area contributed by atoms with Crippen molar-refractivity contribution in [3.05, 3.63) is 16.1 Å². The Hall–Kier alpha value is -1.43. The van der Waals surface area contributed by atoms with Crippen LogP contribution in [0.4, 0.5) is 0 Å². The quantitative estimate of drug-likeness (QED) is 0.889. The minimum absolute atomic E-state index is 0.209. The number of hydrogen-bond acceptors (Lipinski definition) is 4. The van der Waals surface area contributed by atoms with Gasteiger partial charge in [0.1, 0.15) is 10.4 Å². The van der Waals surface area contributed by atoms with Crippen molar-refractivity contribution in [2.75, 3.05) is 6.54 Å². The normalized spacial score (nSPS) is 24.0. The van der Waals surface area contributed by atoms with Crippen LogP contribution in [-0.4, -0.2) is 39.0 Å². The average molecular weight is 268 g/mol. The Balaban J connectivity index is 2.33. The predicted octanol–water partition coefficient (Wildman–Crippen LogP) is 1.92. The second-order valence-electron chi connectivity index (χ2n) is 4.76. The van der Waals surface area contributed by atoms with Gasteiger partial charge >= 0.3 is 5.97 Å². The Morgan fingerprint density at radius 3 is 2.78 bits per heavy atom. The zero-order valence-corrected chi connectivity index (χ0v) is 11.3. The van der Waals surface area contributed by atoms with Gasteiger partial charge < -0.3 is 10.0 Å². The number of carboxylic acid groups (broad SMARTS) is 1. The topological polar surface area (TPSA) is 70.5 Å². The lowest BCUT2D eigenvalue weighted by atomic mass is 9.88. The van der Waals surface area contributed by atoms with Gasteiger partial charge in [-0.15, -0.1) is 11.3 Å². The molecule has 1 atom stereocenters. The molecule has 98 valence electrons. The lowest BCUT2D eigenvalue weighted by Gasteiger charge is -2.41. The Labute approximate surface area is 109 Å². The summed E-state index contributed by atoms with van der Waals surface area (Å²) in [6.45, 7) is 3.90. The first kappa shape index (κ1) is 13.0. The van der Waals surface area contributed by atoms with E-state index in [0.717, 1.165) is 12.8 Å². The largest absolute Gasteiger partial charge is 0.480 e. The van der Waals surface area contributed by atoms with Crippen LogP contribution in [0, 0.1) is 6.92 Å². The maximum absolute atomic E-state index is 12.4. The van der Waals surface area contributed by atoms with Gasteiger partial charge in [0, 0.05) is 6.54 Å². The summed E-state index contributed by atoms with van der Waals surface area (Å²) in [5.74, 6) is -1.14. The van der Waals surface area contributed by atoms with Crippen molar-refractivity contribution in [3.63, 3.8) is 0 Å². The first-order chi connectivity index (χ1) is 8.47. The van der Waals surface area contributed by atoms with E-state index in [1.165, 1.54) is 16.2 Å². The Morgan fingerprint density at radius 2 is 2.22 bits per heavy atom. The zero-order chi connectivity index (χ0) is 13.3. The van der Waals surface area contributed by atoms with Gasteiger partial charge in [0.15, 0.2) is 0 Å². The zero-order valence-electron chi connectivity index (χ0n) is 10.5. The third-order valence-corrected chi connectivity index (χ3v) is 4.45. The second kappa shape index (κ2) is 4.68. The van der Waals surface area contributed by atoms with Crippen LogP contribution in [0.3, 0.4) is 0 Å². The van der Waals surface area contributed by atoms with E-state index < -0.39 is 11.5 Å². The van der Waals surface area contributed by atoms with Crippen LogP contribution in [0.15, 0.2) is 5.51 Å². The molecule has 1 unspecified atom stereocenters. The van der Waals surface area contributed by atoms with Crippen molar-refractivity contribution in [3.8, 4) is 0 Å². The molecule has 0 aliphatic carbocycles. The van der Waals surface area contributed by atoms with Gasteiger partial charge in [0.05, 0.1) is 11.2 Å². The number of carbonyl (C=O) groups is 2. The van der Waals surface area contributed by atoms with Crippen LogP contribution in [0.5, 0.6) is 0 Å². The lowest BCUT2D eigenvalue weighted by molar-refractivity contribution is -0.150. The summed E-state index contributed by atoms with van der Waals surface area (Å²) in [7, 11) is 0. The molecule has 1 aliphatic heterocycles. The number of thiazole rings is 1. The first-order valence-corrected chi connectivity index (χ1v) is 6.80. The number of piperidine rings is 1. The molecule has 1 aromatic rings. The summed E-state index contributed by atoms with van der Waals surface area (Å²) in [6.07, 6.45) is 2.20. The molecule has 0 aromatic carbocycles. The van der Waals surface area contributed by atoms with Crippen LogP contribution in [0.2, 0.25) is 0 Å². The molecular formula is C12H16N2O3S. The van der Waals surface area contributed by atoms with Crippen LogP contribution in [-0.2, 0) is 4.79 Å². The molecular weight excluding hydrogens is 252 g/mol. The van der Waals surface area contributed by atoms with Crippen molar-refractivity contribution in [2.45, 2.75) is 38.6 Å². The molecule has 1 fully saturated rings. The maximum Gasteiger partial charge on any atom is 0.329 e. The number of aryl methyl sites for hydroxylation is 1. The highest BCUT2D eigenvalue weighted by Gasteiger charge is 2.44. The molecule has 0 bridgehead atoms. The predicted molar refractivity (Wildman–Crippen MR) is 67.8 cm³/mol. The summed E-state index contributed by atoms with van der Waals surface area (Å²) in [4.78, 5) is 30.0. The van der Waals surface area contributed by atoms with Gasteiger partial charge in [-0.05, 0) is 33.1 Å². The fraction of sp³-hybridized carbons (Fsp3) is 0.583. The molecule has 0 radical (unpaired) electrons. The molecule has 1 amide bonds. The number of aromatic nitrogens is 1. The molecule has 5 nitrogen and oxygen atoms in total. The van der Waals surface area contributed by atoms with Crippen LogP contribution in [0.1, 0.15) is 41.6 Å². The molecule has 2 heterocycles. The molecule has 1 aliphatic rings. The fourth-order valence-electron chi connectivity index (χ4n) is 2.30. The molecule has 2 rings (SSSR count). The van der Waals surface area contributed by atoms with Crippen molar-refractivity contribution < 1.29 is 14.7 Å². The highest BCUT2D eigenvalue weighted by Crippen LogP contribution is 2.31. The van der Waals surface area contributed by atoms with Crippen LogP contribution < -0.4 is 0 Å². The Kier molecular flexibility index (Phi) is 3.38. The monoisotopic (exact) mass is 268 g/mol. The minimum Gasteiger partial charge on any atom is -0.480 e. The third kappa shape index (κ3) is 2.01. The SMILES string of the molecule is Cc1ncsc1C(=O)N1CCCCC1(C)C(=O)O. The van der Waals surface area contributed by atoms with E-state index in [2.05, 4.69) is 4.98 Å². The Morgan fingerprint density at radius 1 is 1.50 bits per heavy atom. The third-order valence-electron chi connectivity index (χ3n) is 3.54. The van der Waals surface area contributed by atoms with Gasteiger partial charge in [0.25, 0.3) is 5.91 Å². The van der Waals surface area contributed by atoms with Gasteiger partial charge in [0.2, 0.25) is 0 Å². The number of carbonyl (C=O) groups excluding carboxylic acids is 1. The molecule has 0 spiro atoms. The lowest BCUT2D eigenvalue weighted by Crippen LogP contribution is -2.57. The fourth-order valence-corrected chi connectivity index (χ4v) is 3.05. The number of hydrogen-bond donors (Lipinski definition) is 1. The summed E-state index contributed by atoms with van der Waals surface area (Å²) in [5.41, 5.74) is 1.19. The van der Waals surface area contributed by atoms with Crippen LogP contribution in [0.25, 0.3) is 0 Å². The number of nitrogens with zero attached hydrogens (tertiary/aromatic N) is 2. The molecule has 1 saturated heterocycles. The van der Waals surface area contributed by atoms with Gasteiger partial charge in [-0.2, -0.15) is 0 Å². The van der Waals surface area contributed by atoms with E-state index in [4.69, 9.17) is 0 Å². The van der Waals surface area contributed by atoms with Gasteiger partial charge in [-0.1, -0.05) is 0 Å². The highest BCUT2D eigenvalue weighted by atomic mass is 32.1. The molecule has 1 aromatic heterocycles. The van der Waals surface area contributed by atoms with Gasteiger partial charge in [-0.25, -0.2) is 9.78 Å². The number of amides is 1. The Bertz CT molecular complexity index is 485. The molecule has 18 heavy (non-hydrogen) atoms. The number of likely N-dealkylation sites (tertiary alicyclic amines) is 1. The van der Waals surface area contributed by atoms with E-state index in [9.17, 15) is 14.7 Å². The maximum atomic E-state index is 12.4. The van der Waals surface area contributed by atoms with Crippen LogP contribution >= 0.6 is 11.3 Å². The summed E-state index contributed by atoms with van der Waals surface area (Å²) >= 11 is 1.27. The van der Waals surface area contributed by atoms with E-state index in [0.29, 0.717) is 23.5 Å². The minimum atomic E-state index is -1.09. The highest BCUT2D eigenvalue weighted by molar-refractivity contribution is 7.11. The number of carboxylic acids is 1. The summed E-state index contributed by atoms with van der Waals surface area (Å²) < 4.78 is 0. The first-order valence-electron chi connectivity index (χ1n) is 5.92. The van der Waals surface area contributed by atoms with Gasteiger partial charge in [-0.3, -0.25) is 4.79 Å². The molecule has 6 heteroatoms. The average Bonchev–Trinajstić information content (AvgIpc) is 2.75. The van der Waals surface area contributed by atoms with Crippen molar-refractivity contribution in [2.24, 2.45) is 0 Å². The molecule has 1 N–H and O–H groups in total. The van der Waals surface area contributed by atoms with E-state index in [1.54, 1.807) is 19.4 Å². The standard InChI is InChI=1S/C12H16N2O3S/c1-8-9(18-7-13-8)10(15)14-6-4-3-5-12(14,2)11(16)17/h7H,3-6H2,1-2H3,(H,16,17). The summed E-state index contributed by atoms with van der Waals surface area (Å²) in [5, 5.41) is 9.38. The second-order valence-corrected chi connectivity index (χ2v) is 5.61. The molecule has 0 saturated carbocycles. The number of aliphatic carboxylic acids is 1. The van der Waals surface area contributed by atoms with E-state index in [-0.39, 0.29) is 5.91 Å². The number of rotatable bonds is 2. The summed E-state index contributed by atoms with van der Waals surface area (Å²) in [6, 6.07) is 0. The van der Waals surface area contributed by atoms with E-state index in [1.807, 2.05) is 0 Å². The smallest absolute Gasteiger partial charge is 0.329 e. The van der Waals surface area contributed by atoms with Crippen molar-refractivity contribution in [1.82, 2.24) is 9.88 Å².